The first-order valence-corrected chi connectivity index (χ1v) is 5.79. The molecule has 1 atom stereocenters. The number of nitrogens with two attached hydrogens (primary N) is 1. The molecule has 1 aromatic heterocycles. The molecule has 1 saturated heterocycles. The van der Waals surface area contributed by atoms with Crippen molar-refractivity contribution in [1.82, 2.24) is 15.1 Å². The number of amides is 1. The molecule has 1 aliphatic rings. The zero-order chi connectivity index (χ0) is 12.3. The monoisotopic (exact) mass is 236 g/mol. The third-order valence-electron chi connectivity index (χ3n) is 3.04. The zero-order valence-electron chi connectivity index (χ0n) is 9.56. The van der Waals surface area contributed by atoms with Crippen molar-refractivity contribution in [3.05, 3.63) is 28.2 Å². The summed E-state index contributed by atoms with van der Waals surface area (Å²) in [6, 6.07) is 2.98. The van der Waals surface area contributed by atoms with Crippen molar-refractivity contribution in [3.8, 4) is 0 Å². The molecule has 1 aliphatic heterocycles. The number of aromatic amines is 1. The van der Waals surface area contributed by atoms with Crippen LogP contribution in [0.4, 0.5) is 0 Å². The largest absolute Gasteiger partial charge is 0.334 e. The van der Waals surface area contributed by atoms with Crippen LogP contribution in [0.2, 0.25) is 0 Å². The van der Waals surface area contributed by atoms with Gasteiger partial charge in [-0.2, -0.15) is 5.10 Å². The van der Waals surface area contributed by atoms with E-state index >= 15 is 0 Å². The van der Waals surface area contributed by atoms with Gasteiger partial charge in [-0.3, -0.25) is 9.59 Å². The lowest BCUT2D eigenvalue weighted by Crippen LogP contribution is -2.37. The summed E-state index contributed by atoms with van der Waals surface area (Å²) in [6.07, 6.45) is 2.81. The van der Waals surface area contributed by atoms with Gasteiger partial charge < -0.3 is 10.6 Å². The van der Waals surface area contributed by atoms with Crippen molar-refractivity contribution in [2.24, 2.45) is 5.73 Å². The smallest absolute Gasteiger partial charge is 0.274 e. The molecule has 2 heterocycles. The van der Waals surface area contributed by atoms with Crippen LogP contribution in [0.15, 0.2) is 16.9 Å². The number of rotatable bonds is 3. The number of nitrogens with zero attached hydrogens (tertiary/aromatic N) is 2. The first-order chi connectivity index (χ1) is 8.22. The Balaban J connectivity index is 2.13. The minimum absolute atomic E-state index is 0.128. The number of hydrogen-bond acceptors (Lipinski definition) is 4. The van der Waals surface area contributed by atoms with E-state index in [2.05, 4.69) is 10.2 Å². The second-order valence-corrected chi connectivity index (χ2v) is 4.18. The maximum absolute atomic E-state index is 12.1. The van der Waals surface area contributed by atoms with Crippen LogP contribution in [-0.2, 0) is 0 Å². The van der Waals surface area contributed by atoms with Crippen LogP contribution in [0, 0.1) is 0 Å². The van der Waals surface area contributed by atoms with Crippen LogP contribution in [0.25, 0.3) is 0 Å². The van der Waals surface area contributed by atoms with Gasteiger partial charge in [-0.25, -0.2) is 5.10 Å². The van der Waals surface area contributed by atoms with Gasteiger partial charge in [0, 0.05) is 18.7 Å². The molecule has 0 radical (unpaired) electrons. The van der Waals surface area contributed by atoms with Gasteiger partial charge in [0.25, 0.3) is 11.5 Å². The minimum atomic E-state index is -0.304. The Labute approximate surface area is 98.8 Å². The molecule has 0 spiro atoms. The van der Waals surface area contributed by atoms with E-state index in [4.69, 9.17) is 5.73 Å². The molecule has 0 aromatic carbocycles. The van der Waals surface area contributed by atoms with Gasteiger partial charge in [0.1, 0.15) is 5.69 Å². The third kappa shape index (κ3) is 2.52. The average Bonchev–Trinajstić information content (AvgIpc) is 2.78. The Hall–Kier alpha value is -1.69. The molecule has 0 saturated carbocycles. The maximum atomic E-state index is 12.1. The number of aromatic nitrogens is 2. The number of likely N-dealkylation sites (tertiary alicyclic amines) is 1. The molecular formula is C11H16N4O2. The summed E-state index contributed by atoms with van der Waals surface area (Å²) in [5.74, 6) is -0.128. The van der Waals surface area contributed by atoms with E-state index in [1.165, 1.54) is 12.1 Å². The fraction of sp³-hybridized carbons (Fsp3) is 0.545. The van der Waals surface area contributed by atoms with Crippen molar-refractivity contribution < 1.29 is 4.79 Å². The van der Waals surface area contributed by atoms with Crippen molar-refractivity contribution >= 4 is 5.91 Å². The lowest BCUT2D eigenvalue weighted by atomic mass is 10.1. The highest BCUT2D eigenvalue weighted by Crippen LogP contribution is 2.21. The third-order valence-corrected chi connectivity index (χ3v) is 3.04. The highest BCUT2D eigenvalue weighted by Gasteiger charge is 2.29. The van der Waals surface area contributed by atoms with Crippen molar-refractivity contribution in [1.29, 1.82) is 0 Å². The molecule has 3 N–H and O–H groups in total. The summed E-state index contributed by atoms with van der Waals surface area (Å²) in [5.41, 5.74) is 5.51. The molecule has 1 aromatic rings. The Kier molecular flexibility index (Phi) is 3.53. The van der Waals surface area contributed by atoms with Gasteiger partial charge in [0.15, 0.2) is 0 Å². The molecule has 0 bridgehead atoms. The second-order valence-electron chi connectivity index (χ2n) is 4.18. The SMILES string of the molecule is NCCC1CCCN1C(=O)c1ccc(=O)[nH]n1. The van der Waals surface area contributed by atoms with Crippen LogP contribution >= 0.6 is 0 Å². The van der Waals surface area contributed by atoms with Gasteiger partial charge in [0.05, 0.1) is 0 Å². The predicted octanol–water partition coefficient (Wildman–Crippen LogP) is -0.277. The Morgan fingerprint density at radius 2 is 2.41 bits per heavy atom. The van der Waals surface area contributed by atoms with Crippen molar-refractivity contribution in [2.75, 3.05) is 13.1 Å². The summed E-state index contributed by atoms with van der Waals surface area (Å²) in [6.45, 7) is 1.32. The van der Waals surface area contributed by atoms with Crippen LogP contribution in [0.1, 0.15) is 29.8 Å². The van der Waals surface area contributed by atoms with Crippen molar-refractivity contribution in [3.63, 3.8) is 0 Å². The van der Waals surface area contributed by atoms with E-state index in [0.717, 1.165) is 25.8 Å². The van der Waals surface area contributed by atoms with E-state index in [1.54, 1.807) is 4.90 Å². The highest BCUT2D eigenvalue weighted by atomic mass is 16.2. The van der Waals surface area contributed by atoms with Crippen LogP contribution in [0.3, 0.4) is 0 Å². The number of carbonyl (C=O) groups excluding carboxylic acids is 1. The normalized spacial score (nSPS) is 19.6. The predicted molar refractivity (Wildman–Crippen MR) is 62.6 cm³/mol. The molecule has 2 rings (SSSR count). The summed E-state index contributed by atoms with van der Waals surface area (Å²) in [5, 5.41) is 6.03. The lowest BCUT2D eigenvalue weighted by Gasteiger charge is -2.23. The van der Waals surface area contributed by atoms with E-state index in [0.29, 0.717) is 6.54 Å². The van der Waals surface area contributed by atoms with E-state index in [-0.39, 0.29) is 23.2 Å². The summed E-state index contributed by atoms with van der Waals surface area (Å²) in [4.78, 5) is 24.8. The number of hydrogen-bond donors (Lipinski definition) is 2. The van der Waals surface area contributed by atoms with Gasteiger partial charge >= 0.3 is 0 Å². The number of carbonyl (C=O) groups is 1. The fourth-order valence-electron chi connectivity index (χ4n) is 2.21. The standard InChI is InChI=1S/C11H16N4O2/c12-6-5-8-2-1-7-15(8)11(17)9-3-4-10(16)14-13-9/h3-4,8H,1-2,5-7,12H2,(H,14,16). The van der Waals surface area contributed by atoms with Crippen LogP contribution < -0.4 is 11.3 Å². The maximum Gasteiger partial charge on any atom is 0.274 e. The molecule has 92 valence electrons. The molecule has 6 heteroatoms. The lowest BCUT2D eigenvalue weighted by molar-refractivity contribution is 0.0725. The quantitative estimate of drug-likeness (QED) is 0.755. The van der Waals surface area contributed by atoms with Gasteiger partial charge in [-0.15, -0.1) is 0 Å². The molecule has 1 fully saturated rings. The van der Waals surface area contributed by atoms with E-state index in [1.807, 2.05) is 0 Å². The molecule has 1 amide bonds. The van der Waals surface area contributed by atoms with E-state index < -0.39 is 0 Å². The summed E-state index contributed by atoms with van der Waals surface area (Å²) < 4.78 is 0. The van der Waals surface area contributed by atoms with E-state index in [9.17, 15) is 9.59 Å². The molecule has 0 aliphatic carbocycles. The second kappa shape index (κ2) is 5.09. The Morgan fingerprint density at radius 3 is 3.06 bits per heavy atom. The van der Waals surface area contributed by atoms with Gasteiger partial charge in [-0.05, 0) is 31.9 Å². The first kappa shape index (κ1) is 11.8. The molecule has 17 heavy (non-hydrogen) atoms. The molecular weight excluding hydrogens is 220 g/mol. The zero-order valence-corrected chi connectivity index (χ0v) is 9.56. The van der Waals surface area contributed by atoms with Gasteiger partial charge in [0.2, 0.25) is 0 Å². The van der Waals surface area contributed by atoms with Gasteiger partial charge in [-0.1, -0.05) is 0 Å². The Morgan fingerprint density at radius 1 is 1.59 bits per heavy atom. The molecule has 1 unspecified atom stereocenters. The fourth-order valence-corrected chi connectivity index (χ4v) is 2.21. The Bertz CT molecular complexity index is 437. The summed E-state index contributed by atoms with van der Waals surface area (Å²) in [7, 11) is 0. The highest BCUT2D eigenvalue weighted by molar-refractivity contribution is 5.92. The van der Waals surface area contributed by atoms with Crippen molar-refractivity contribution in [2.45, 2.75) is 25.3 Å². The topological polar surface area (TPSA) is 92.1 Å². The molecule has 6 nitrogen and oxygen atoms in total. The average molecular weight is 236 g/mol. The van der Waals surface area contributed by atoms with Crippen LogP contribution in [0.5, 0.6) is 0 Å². The summed E-state index contributed by atoms with van der Waals surface area (Å²) >= 11 is 0. The van der Waals surface area contributed by atoms with Crippen LogP contribution in [-0.4, -0.2) is 40.1 Å². The minimum Gasteiger partial charge on any atom is -0.334 e. The first-order valence-electron chi connectivity index (χ1n) is 5.79. The number of nitrogens with one attached hydrogen (secondary N) is 1. The number of H-pyrrole nitrogens is 1.